The summed E-state index contributed by atoms with van der Waals surface area (Å²) >= 11 is 6.06. The molecule has 0 aliphatic rings. The fourth-order valence-electron chi connectivity index (χ4n) is 2.30. The Morgan fingerprint density at radius 2 is 1.83 bits per heavy atom. The fourth-order valence-corrected chi connectivity index (χ4v) is 2.47. The number of halogens is 2. The lowest BCUT2D eigenvalue weighted by atomic mass is 10.1. The van der Waals surface area contributed by atoms with Crippen LogP contribution < -0.4 is 4.74 Å². The monoisotopic (exact) mass is 340 g/mol. The first kappa shape index (κ1) is 14.6. The van der Waals surface area contributed by atoms with Crippen LogP contribution in [0.15, 0.2) is 54.7 Å². The minimum absolute atomic E-state index is 0.146. The van der Waals surface area contributed by atoms with E-state index in [1.165, 1.54) is 12.1 Å². The lowest BCUT2D eigenvalue weighted by Gasteiger charge is -2.04. The molecular weight excluding hydrogens is 331 g/mol. The predicted octanol–water partition coefficient (Wildman–Crippen LogP) is 4.60. The van der Waals surface area contributed by atoms with Crippen LogP contribution in [-0.4, -0.2) is 20.2 Å². The molecule has 0 unspecified atom stereocenters. The first-order chi connectivity index (χ1) is 11.7. The lowest BCUT2D eigenvalue weighted by Crippen LogP contribution is -1.92. The summed E-state index contributed by atoms with van der Waals surface area (Å²) in [6.45, 7) is 0. The van der Waals surface area contributed by atoms with Gasteiger partial charge in [0.2, 0.25) is 0 Å². The second kappa shape index (κ2) is 5.90. The zero-order valence-electron chi connectivity index (χ0n) is 12.2. The van der Waals surface area contributed by atoms with E-state index < -0.39 is 0 Å². The van der Waals surface area contributed by atoms with Gasteiger partial charge in [-0.2, -0.15) is 10.1 Å². The summed E-state index contributed by atoms with van der Waals surface area (Å²) < 4.78 is 18.6. The molecule has 0 saturated carbocycles. The number of H-pyrrole nitrogens is 1. The first-order valence-corrected chi connectivity index (χ1v) is 7.48. The van der Waals surface area contributed by atoms with Gasteiger partial charge in [0, 0.05) is 11.8 Å². The highest BCUT2D eigenvalue weighted by Gasteiger charge is 2.12. The van der Waals surface area contributed by atoms with Crippen molar-refractivity contribution in [3.05, 3.63) is 65.6 Å². The molecule has 0 fully saturated rings. The number of benzene rings is 2. The Kier molecular flexibility index (Phi) is 3.59. The molecule has 2 heterocycles. The van der Waals surface area contributed by atoms with Crippen molar-refractivity contribution >= 4 is 22.6 Å². The molecule has 4 aromatic rings. The quantitative estimate of drug-likeness (QED) is 0.591. The normalized spacial score (nSPS) is 10.9. The number of fused-ring (bicyclic) bond motifs is 1. The highest BCUT2D eigenvalue weighted by Crippen LogP contribution is 2.29. The number of aromatic nitrogens is 4. The molecular formula is C17H10ClFN4O. The average Bonchev–Trinajstić information content (AvgIpc) is 3.01. The maximum absolute atomic E-state index is 13.1. The third-order valence-corrected chi connectivity index (χ3v) is 3.77. The van der Waals surface area contributed by atoms with Gasteiger partial charge < -0.3 is 4.74 Å². The van der Waals surface area contributed by atoms with Crippen LogP contribution in [0.25, 0.3) is 22.3 Å². The van der Waals surface area contributed by atoms with E-state index >= 15 is 0 Å². The van der Waals surface area contributed by atoms with Gasteiger partial charge in [-0.25, -0.2) is 9.37 Å². The maximum Gasteiger partial charge on any atom is 0.324 e. The van der Waals surface area contributed by atoms with Crippen molar-refractivity contribution in [3.63, 3.8) is 0 Å². The summed E-state index contributed by atoms with van der Waals surface area (Å²) in [6, 6.07) is 13.3. The van der Waals surface area contributed by atoms with E-state index in [2.05, 4.69) is 20.2 Å². The Bertz CT molecular complexity index is 1020. The SMILES string of the molecule is Fc1ccc(-c2[nH]nc3nc(Oc4ccccc4Cl)ncc23)cc1. The predicted molar refractivity (Wildman–Crippen MR) is 88.6 cm³/mol. The van der Waals surface area contributed by atoms with Gasteiger partial charge in [-0.15, -0.1) is 0 Å². The number of para-hydroxylation sites is 1. The molecule has 0 amide bonds. The van der Waals surface area contributed by atoms with E-state index in [0.29, 0.717) is 27.5 Å². The zero-order valence-corrected chi connectivity index (χ0v) is 13.0. The van der Waals surface area contributed by atoms with Gasteiger partial charge >= 0.3 is 6.01 Å². The molecule has 0 aliphatic carbocycles. The highest BCUT2D eigenvalue weighted by molar-refractivity contribution is 6.32. The number of hydrogen-bond donors (Lipinski definition) is 1. The van der Waals surface area contributed by atoms with Crippen LogP contribution in [0.5, 0.6) is 11.8 Å². The molecule has 2 aromatic carbocycles. The Hall–Kier alpha value is -2.99. The Balaban J connectivity index is 1.70. The number of ether oxygens (including phenoxy) is 1. The van der Waals surface area contributed by atoms with E-state index in [-0.39, 0.29) is 11.8 Å². The van der Waals surface area contributed by atoms with Crippen LogP contribution in [0, 0.1) is 5.82 Å². The van der Waals surface area contributed by atoms with Gasteiger partial charge in [-0.05, 0) is 36.4 Å². The fraction of sp³-hybridized carbons (Fsp3) is 0. The average molecular weight is 341 g/mol. The minimum Gasteiger partial charge on any atom is -0.423 e. The van der Waals surface area contributed by atoms with Crippen LogP contribution in [0.4, 0.5) is 4.39 Å². The van der Waals surface area contributed by atoms with Gasteiger partial charge in [0.15, 0.2) is 5.65 Å². The second-order valence-corrected chi connectivity index (χ2v) is 5.44. The van der Waals surface area contributed by atoms with E-state index in [1.807, 2.05) is 6.07 Å². The molecule has 4 rings (SSSR count). The maximum atomic E-state index is 13.1. The van der Waals surface area contributed by atoms with Crippen molar-refractivity contribution in [1.29, 1.82) is 0 Å². The molecule has 0 bridgehead atoms. The Morgan fingerprint density at radius 3 is 2.62 bits per heavy atom. The molecule has 0 atom stereocenters. The number of nitrogens with one attached hydrogen (secondary N) is 1. The molecule has 0 aliphatic heterocycles. The largest absolute Gasteiger partial charge is 0.423 e. The van der Waals surface area contributed by atoms with Gasteiger partial charge in [-0.1, -0.05) is 23.7 Å². The number of rotatable bonds is 3. The molecule has 0 spiro atoms. The van der Waals surface area contributed by atoms with E-state index in [0.717, 1.165) is 5.56 Å². The van der Waals surface area contributed by atoms with E-state index in [9.17, 15) is 4.39 Å². The lowest BCUT2D eigenvalue weighted by molar-refractivity contribution is 0.444. The van der Waals surface area contributed by atoms with Gasteiger partial charge in [-0.3, -0.25) is 5.10 Å². The molecule has 2 aromatic heterocycles. The van der Waals surface area contributed by atoms with Crippen molar-refractivity contribution < 1.29 is 9.13 Å². The van der Waals surface area contributed by atoms with Crippen molar-refractivity contribution in [3.8, 4) is 23.0 Å². The summed E-state index contributed by atoms with van der Waals surface area (Å²) in [5.74, 6) is 0.169. The van der Waals surface area contributed by atoms with Crippen LogP contribution in [0.3, 0.4) is 0 Å². The van der Waals surface area contributed by atoms with Crippen LogP contribution >= 0.6 is 11.6 Å². The van der Waals surface area contributed by atoms with Crippen LogP contribution in [-0.2, 0) is 0 Å². The summed E-state index contributed by atoms with van der Waals surface area (Å²) in [6.07, 6.45) is 1.61. The van der Waals surface area contributed by atoms with Gasteiger partial charge in [0.05, 0.1) is 16.1 Å². The standard InChI is InChI=1S/C17H10ClFN4O/c18-13-3-1-2-4-14(13)24-17-20-9-12-15(22-23-16(12)21-17)10-5-7-11(19)8-6-10/h1-9H,(H,20,21,22,23). The smallest absolute Gasteiger partial charge is 0.324 e. The summed E-state index contributed by atoms with van der Waals surface area (Å²) in [4.78, 5) is 8.46. The molecule has 0 radical (unpaired) electrons. The second-order valence-electron chi connectivity index (χ2n) is 5.03. The first-order valence-electron chi connectivity index (χ1n) is 7.10. The van der Waals surface area contributed by atoms with Crippen molar-refractivity contribution in [2.24, 2.45) is 0 Å². The zero-order chi connectivity index (χ0) is 16.5. The summed E-state index contributed by atoms with van der Waals surface area (Å²) in [7, 11) is 0. The summed E-state index contributed by atoms with van der Waals surface area (Å²) in [5.41, 5.74) is 1.96. The van der Waals surface area contributed by atoms with E-state index in [1.54, 1.807) is 36.5 Å². The molecule has 5 nitrogen and oxygen atoms in total. The van der Waals surface area contributed by atoms with Crippen molar-refractivity contribution in [2.75, 3.05) is 0 Å². The van der Waals surface area contributed by atoms with Gasteiger partial charge in [0.25, 0.3) is 0 Å². The molecule has 7 heteroatoms. The number of nitrogens with zero attached hydrogens (tertiary/aromatic N) is 3. The Morgan fingerprint density at radius 1 is 1.04 bits per heavy atom. The van der Waals surface area contributed by atoms with Crippen molar-refractivity contribution in [2.45, 2.75) is 0 Å². The third-order valence-electron chi connectivity index (χ3n) is 3.46. The molecule has 118 valence electrons. The molecule has 1 N–H and O–H groups in total. The van der Waals surface area contributed by atoms with E-state index in [4.69, 9.17) is 16.3 Å². The Labute approximate surface area is 141 Å². The highest BCUT2D eigenvalue weighted by atomic mass is 35.5. The third kappa shape index (κ3) is 2.68. The summed E-state index contributed by atoms with van der Waals surface area (Å²) in [5, 5.41) is 8.24. The van der Waals surface area contributed by atoms with Crippen LogP contribution in [0.1, 0.15) is 0 Å². The topological polar surface area (TPSA) is 63.7 Å². The number of hydrogen-bond acceptors (Lipinski definition) is 4. The molecule has 24 heavy (non-hydrogen) atoms. The van der Waals surface area contributed by atoms with Crippen LogP contribution in [0.2, 0.25) is 5.02 Å². The van der Waals surface area contributed by atoms with Crippen molar-refractivity contribution in [1.82, 2.24) is 20.2 Å². The van der Waals surface area contributed by atoms with Gasteiger partial charge in [0.1, 0.15) is 11.6 Å². The minimum atomic E-state index is -0.297. The number of aromatic amines is 1. The molecule has 0 saturated heterocycles.